The van der Waals surface area contributed by atoms with Gasteiger partial charge in [-0.05, 0) is 161 Å². The Balaban J connectivity index is 1.21. The fourth-order valence-electron chi connectivity index (χ4n) is 11.0. The molecule has 0 saturated carbocycles. The number of hydrogen-bond donors (Lipinski definition) is 0. The molecule has 0 aliphatic carbocycles. The molecule has 0 N–H and O–H groups in total. The lowest BCUT2D eigenvalue weighted by Gasteiger charge is -2.38. The molecule has 0 spiro atoms. The first-order chi connectivity index (χ1) is 28.2. The van der Waals surface area contributed by atoms with Gasteiger partial charge in [-0.3, -0.25) is 0 Å². The van der Waals surface area contributed by atoms with E-state index in [2.05, 4.69) is 190 Å². The van der Waals surface area contributed by atoms with Crippen LogP contribution in [0.4, 0.5) is 17.1 Å². The zero-order chi connectivity index (χ0) is 39.1. The first-order valence-electron chi connectivity index (χ1n) is 20.4. The molecule has 12 rings (SSSR count). The van der Waals surface area contributed by atoms with Gasteiger partial charge in [-0.15, -0.1) is 11.3 Å². The fraction of sp³-hybridized carbons (Fsp3) is 0.111. The third-order valence-electron chi connectivity index (χ3n) is 13.1. The van der Waals surface area contributed by atoms with Gasteiger partial charge in [0.05, 0.1) is 5.69 Å². The quantitative estimate of drug-likeness (QED) is 0.163. The van der Waals surface area contributed by atoms with Crippen LogP contribution in [0.25, 0.3) is 76.0 Å². The average Bonchev–Trinajstić information content (AvgIpc) is 3.78. The van der Waals surface area contributed by atoms with Crippen LogP contribution in [-0.2, 0) is 0 Å². The molecule has 0 amide bonds. The SMILES string of the molecule is Cc1cc(C)c(-c2ccc3c(c2)c2cc(-c4c(C)cc(C)cc4C)cc4c2n3B2c3cc5ccccc5cc3N(c3ccc5ccccc5c3)c3csc-4c32)c(C)c1. The van der Waals surface area contributed by atoms with Gasteiger partial charge in [-0.25, -0.2) is 0 Å². The van der Waals surface area contributed by atoms with E-state index >= 15 is 0 Å². The van der Waals surface area contributed by atoms with Crippen molar-refractivity contribution >= 4 is 89.5 Å². The van der Waals surface area contributed by atoms with Crippen LogP contribution in [0.15, 0.2) is 139 Å². The van der Waals surface area contributed by atoms with Crippen molar-refractivity contribution < 1.29 is 0 Å². The number of nitrogens with zero attached hydrogens (tertiary/aromatic N) is 2. The summed E-state index contributed by atoms with van der Waals surface area (Å²) >= 11 is 1.91. The van der Waals surface area contributed by atoms with Crippen molar-refractivity contribution in [1.82, 2.24) is 4.48 Å². The molecule has 0 bridgehead atoms. The number of fused-ring (bicyclic) bond motifs is 9. The second-order valence-electron chi connectivity index (χ2n) is 17.0. The van der Waals surface area contributed by atoms with Gasteiger partial charge in [-0.2, -0.15) is 0 Å². The van der Waals surface area contributed by atoms with Crippen LogP contribution in [0.5, 0.6) is 0 Å². The molecule has 2 aliphatic rings. The highest BCUT2D eigenvalue weighted by atomic mass is 32.1. The zero-order valence-corrected chi connectivity index (χ0v) is 34.5. The van der Waals surface area contributed by atoms with Crippen LogP contribution in [0, 0.1) is 41.5 Å². The molecular weight excluding hydrogens is 719 g/mol. The largest absolute Gasteiger partial charge is 0.375 e. The molecule has 10 aromatic rings. The molecule has 4 heterocycles. The topological polar surface area (TPSA) is 8.17 Å². The van der Waals surface area contributed by atoms with Gasteiger partial charge in [0.2, 0.25) is 0 Å². The predicted octanol–water partition coefficient (Wildman–Crippen LogP) is 13.8. The van der Waals surface area contributed by atoms with Crippen LogP contribution in [0.1, 0.15) is 33.4 Å². The van der Waals surface area contributed by atoms with Gasteiger partial charge in [-0.1, -0.05) is 102 Å². The lowest BCUT2D eigenvalue weighted by atomic mass is 9.46. The zero-order valence-electron chi connectivity index (χ0n) is 33.7. The summed E-state index contributed by atoms with van der Waals surface area (Å²) in [7, 11) is 0. The van der Waals surface area contributed by atoms with Crippen molar-refractivity contribution in [2.45, 2.75) is 41.5 Å². The number of anilines is 3. The van der Waals surface area contributed by atoms with E-state index in [-0.39, 0.29) is 6.85 Å². The Morgan fingerprint density at radius 3 is 1.79 bits per heavy atom. The van der Waals surface area contributed by atoms with Gasteiger partial charge < -0.3 is 9.38 Å². The summed E-state index contributed by atoms with van der Waals surface area (Å²) in [5.74, 6) is 0. The summed E-state index contributed by atoms with van der Waals surface area (Å²) in [5.41, 5.74) is 23.6. The molecule has 2 aliphatic heterocycles. The van der Waals surface area contributed by atoms with Crippen molar-refractivity contribution in [3.05, 3.63) is 172 Å². The molecule has 0 atom stereocenters. The second kappa shape index (κ2) is 12.1. The minimum atomic E-state index is 0.0162. The van der Waals surface area contributed by atoms with Crippen LogP contribution < -0.4 is 15.8 Å². The van der Waals surface area contributed by atoms with Crippen molar-refractivity contribution in [2.75, 3.05) is 4.90 Å². The smallest absolute Gasteiger partial charge is 0.333 e. The van der Waals surface area contributed by atoms with E-state index in [9.17, 15) is 0 Å². The van der Waals surface area contributed by atoms with E-state index in [1.165, 1.54) is 137 Å². The van der Waals surface area contributed by atoms with E-state index in [0.29, 0.717) is 0 Å². The fourth-order valence-corrected chi connectivity index (χ4v) is 12.1. The number of hydrogen-bond acceptors (Lipinski definition) is 2. The van der Waals surface area contributed by atoms with Gasteiger partial charge in [0.25, 0.3) is 0 Å². The first-order valence-corrected chi connectivity index (χ1v) is 21.3. The van der Waals surface area contributed by atoms with E-state index in [0.717, 1.165) is 0 Å². The molecule has 8 aromatic carbocycles. The predicted molar refractivity (Wildman–Crippen MR) is 252 cm³/mol. The standard InChI is InChI=1S/C54H41BN2S/c1-30-19-32(3)50(33(4)20-30)40-16-18-47-43(24-40)44-25-41(51-34(5)21-31(2)22-35(51)6)26-45-53(44)57(47)55-46-27-38-13-9-10-14-39(38)28-48(46)56(49-29-58-54(45)52(49)55)42-17-15-36-11-7-8-12-37(36)23-42/h7-29H,1-6H3. The Labute approximate surface area is 343 Å². The first kappa shape index (κ1) is 33.8. The third kappa shape index (κ3) is 4.67. The van der Waals surface area contributed by atoms with E-state index in [4.69, 9.17) is 0 Å². The van der Waals surface area contributed by atoms with Crippen LogP contribution in [-0.4, -0.2) is 11.3 Å². The number of aromatic nitrogens is 1. The summed E-state index contributed by atoms with van der Waals surface area (Å²) < 4.78 is 2.71. The monoisotopic (exact) mass is 760 g/mol. The molecule has 0 unspecified atom stereocenters. The third-order valence-corrected chi connectivity index (χ3v) is 14.1. The van der Waals surface area contributed by atoms with Gasteiger partial charge in [0.15, 0.2) is 0 Å². The maximum atomic E-state index is 2.71. The molecule has 2 aromatic heterocycles. The minimum absolute atomic E-state index is 0.0162. The Hall–Kier alpha value is -6.36. The van der Waals surface area contributed by atoms with E-state index in [1.807, 2.05) is 11.3 Å². The Morgan fingerprint density at radius 1 is 0.500 bits per heavy atom. The molecule has 0 fully saturated rings. The van der Waals surface area contributed by atoms with Crippen molar-refractivity contribution in [1.29, 1.82) is 0 Å². The van der Waals surface area contributed by atoms with Crippen LogP contribution >= 0.6 is 11.3 Å². The van der Waals surface area contributed by atoms with Gasteiger partial charge in [0.1, 0.15) is 0 Å². The number of benzene rings is 8. The normalized spacial score (nSPS) is 12.9. The summed E-state index contributed by atoms with van der Waals surface area (Å²) in [4.78, 5) is 3.92. The summed E-state index contributed by atoms with van der Waals surface area (Å²) in [6, 6.07) is 51.1. The molecule has 0 radical (unpaired) electrons. The Kier molecular flexibility index (Phi) is 7.03. The molecule has 58 heavy (non-hydrogen) atoms. The van der Waals surface area contributed by atoms with Crippen molar-refractivity contribution in [2.24, 2.45) is 0 Å². The van der Waals surface area contributed by atoms with Crippen LogP contribution in [0.2, 0.25) is 0 Å². The van der Waals surface area contributed by atoms with Gasteiger partial charge in [0, 0.05) is 49.0 Å². The summed E-state index contributed by atoms with van der Waals surface area (Å²) in [6.45, 7) is 13.5. The Morgan fingerprint density at radius 2 is 1.10 bits per heavy atom. The lowest BCUT2D eigenvalue weighted by molar-refractivity contribution is 1.27. The second-order valence-corrected chi connectivity index (χ2v) is 17.8. The average molecular weight is 761 g/mol. The molecule has 0 saturated heterocycles. The maximum Gasteiger partial charge on any atom is 0.333 e. The van der Waals surface area contributed by atoms with Crippen molar-refractivity contribution in [3.63, 3.8) is 0 Å². The molecule has 276 valence electrons. The highest BCUT2D eigenvalue weighted by molar-refractivity contribution is 7.17. The van der Waals surface area contributed by atoms with Crippen molar-refractivity contribution in [3.8, 4) is 32.7 Å². The number of rotatable bonds is 3. The molecular formula is C54H41BN2S. The van der Waals surface area contributed by atoms with E-state index < -0.39 is 0 Å². The number of thiophene rings is 1. The van der Waals surface area contributed by atoms with E-state index in [1.54, 1.807) is 0 Å². The number of aryl methyl sites for hydroxylation is 6. The Bertz CT molecular complexity index is 3390. The highest BCUT2D eigenvalue weighted by Crippen LogP contribution is 2.50. The highest BCUT2D eigenvalue weighted by Gasteiger charge is 2.44. The maximum absolute atomic E-state index is 2.71. The molecule has 2 nitrogen and oxygen atoms in total. The van der Waals surface area contributed by atoms with Gasteiger partial charge >= 0.3 is 6.85 Å². The lowest BCUT2D eigenvalue weighted by Crippen LogP contribution is -2.55. The minimum Gasteiger partial charge on any atom is -0.375 e. The summed E-state index contributed by atoms with van der Waals surface area (Å²) in [6.07, 6.45) is 0. The van der Waals surface area contributed by atoms with Crippen LogP contribution in [0.3, 0.4) is 0 Å². The molecule has 4 heteroatoms. The summed E-state index contributed by atoms with van der Waals surface area (Å²) in [5, 5.41) is 10.1.